The summed E-state index contributed by atoms with van der Waals surface area (Å²) in [7, 11) is 1.38. The Morgan fingerprint density at radius 3 is 2.93 bits per heavy atom. The normalized spacial score (nSPS) is 9.13. The number of aromatic nitrogens is 1. The second-order valence-corrected chi connectivity index (χ2v) is 2.58. The smallest absolute Gasteiger partial charge is 0.345 e. The first kappa shape index (κ1) is 11.0. The van der Waals surface area contributed by atoms with E-state index in [-0.39, 0.29) is 23.6 Å². The van der Waals surface area contributed by atoms with Crippen molar-refractivity contribution in [3.63, 3.8) is 0 Å². The van der Waals surface area contributed by atoms with Crippen LogP contribution in [0.5, 0.6) is 5.88 Å². The quantitative estimate of drug-likeness (QED) is 0.693. The van der Waals surface area contributed by atoms with Gasteiger partial charge in [0, 0.05) is 6.20 Å². The van der Waals surface area contributed by atoms with Crippen molar-refractivity contribution in [1.82, 2.24) is 4.98 Å². The third-order valence-corrected chi connectivity index (χ3v) is 1.71. The van der Waals surface area contributed by atoms with E-state index < -0.39 is 5.97 Å². The molecule has 0 saturated heterocycles. The minimum absolute atomic E-state index is 0.0735. The number of carbonyl (C=O) groups is 1. The van der Waals surface area contributed by atoms with E-state index in [0.29, 0.717) is 0 Å². The number of nitrogens with zero attached hydrogens (tertiary/aromatic N) is 2. The molecule has 15 heavy (non-hydrogen) atoms. The predicted molar refractivity (Wildman–Crippen MR) is 51.5 cm³/mol. The Morgan fingerprint density at radius 1 is 1.67 bits per heavy atom. The summed E-state index contributed by atoms with van der Waals surface area (Å²) in [6.07, 6.45) is 1.40. The molecule has 5 nitrogen and oxygen atoms in total. The van der Waals surface area contributed by atoms with Crippen LogP contribution in [0.4, 0.5) is 0 Å². The highest BCUT2D eigenvalue weighted by molar-refractivity contribution is 5.94. The summed E-state index contributed by atoms with van der Waals surface area (Å²) in [5, 5.41) is 8.81. The molecule has 0 radical (unpaired) electrons. The Balaban J connectivity index is 3.23. The van der Waals surface area contributed by atoms with Gasteiger partial charge in [0.1, 0.15) is 11.6 Å². The maximum atomic E-state index is 11.5. The van der Waals surface area contributed by atoms with E-state index in [1.54, 1.807) is 6.92 Å². The van der Waals surface area contributed by atoms with Gasteiger partial charge in [0.15, 0.2) is 0 Å². The fourth-order valence-corrected chi connectivity index (χ4v) is 1.09. The molecule has 1 rings (SSSR count). The monoisotopic (exact) mass is 206 g/mol. The topological polar surface area (TPSA) is 72.2 Å². The molecule has 0 atom stereocenters. The molecule has 0 aliphatic rings. The molecule has 1 aromatic rings. The highest BCUT2D eigenvalue weighted by Crippen LogP contribution is 2.19. The molecule has 0 amide bonds. The zero-order valence-corrected chi connectivity index (χ0v) is 8.48. The fraction of sp³-hybridized carbons (Fsp3) is 0.300. The third-order valence-electron chi connectivity index (χ3n) is 1.71. The standard InChI is InChI=1S/C10H10N2O3/c1-3-15-10(13)8-7(6-11)4-5-12-9(8)14-2/h4-5H,3H2,1-2H3. The molecule has 1 heterocycles. The van der Waals surface area contributed by atoms with Gasteiger partial charge in [-0.1, -0.05) is 0 Å². The van der Waals surface area contributed by atoms with Crippen molar-refractivity contribution in [3.05, 3.63) is 23.4 Å². The summed E-state index contributed by atoms with van der Waals surface area (Å²) < 4.78 is 9.70. The second kappa shape index (κ2) is 4.96. The van der Waals surface area contributed by atoms with Crippen molar-refractivity contribution in [2.75, 3.05) is 13.7 Å². The molecule has 0 saturated carbocycles. The fourth-order valence-electron chi connectivity index (χ4n) is 1.09. The lowest BCUT2D eigenvalue weighted by Crippen LogP contribution is -2.10. The van der Waals surface area contributed by atoms with Crippen LogP contribution in [0.15, 0.2) is 12.3 Å². The number of nitriles is 1. The van der Waals surface area contributed by atoms with Crippen LogP contribution < -0.4 is 4.74 Å². The van der Waals surface area contributed by atoms with E-state index in [2.05, 4.69) is 4.98 Å². The molecule has 0 aromatic carbocycles. The number of carbonyl (C=O) groups excluding carboxylic acids is 1. The largest absolute Gasteiger partial charge is 0.480 e. The number of rotatable bonds is 3. The lowest BCUT2D eigenvalue weighted by Gasteiger charge is -2.07. The van der Waals surface area contributed by atoms with Gasteiger partial charge in [0.05, 0.1) is 19.3 Å². The Labute approximate surface area is 87.3 Å². The second-order valence-electron chi connectivity index (χ2n) is 2.58. The Bertz CT molecular complexity index is 410. The molecule has 5 heteroatoms. The molecule has 0 N–H and O–H groups in total. The average Bonchev–Trinajstić information content (AvgIpc) is 2.28. The van der Waals surface area contributed by atoms with Gasteiger partial charge in [0.2, 0.25) is 5.88 Å². The molecular weight excluding hydrogens is 196 g/mol. The van der Waals surface area contributed by atoms with Gasteiger partial charge in [-0.05, 0) is 13.0 Å². The molecule has 0 spiro atoms. The van der Waals surface area contributed by atoms with Crippen LogP contribution >= 0.6 is 0 Å². The van der Waals surface area contributed by atoms with Crippen LogP contribution in [-0.4, -0.2) is 24.7 Å². The van der Waals surface area contributed by atoms with Crippen LogP contribution in [-0.2, 0) is 4.74 Å². The van der Waals surface area contributed by atoms with Crippen molar-refractivity contribution in [3.8, 4) is 11.9 Å². The van der Waals surface area contributed by atoms with E-state index in [9.17, 15) is 4.79 Å². The zero-order chi connectivity index (χ0) is 11.3. The minimum Gasteiger partial charge on any atom is -0.480 e. The maximum Gasteiger partial charge on any atom is 0.345 e. The predicted octanol–water partition coefficient (Wildman–Crippen LogP) is 1.14. The van der Waals surface area contributed by atoms with Gasteiger partial charge in [-0.25, -0.2) is 9.78 Å². The highest BCUT2D eigenvalue weighted by Gasteiger charge is 2.19. The highest BCUT2D eigenvalue weighted by atomic mass is 16.5. The van der Waals surface area contributed by atoms with Crippen LogP contribution in [0.25, 0.3) is 0 Å². The summed E-state index contributed by atoms with van der Waals surface area (Å²) in [5.41, 5.74) is 0.268. The van der Waals surface area contributed by atoms with Gasteiger partial charge in [-0.15, -0.1) is 0 Å². The third kappa shape index (κ3) is 2.23. The van der Waals surface area contributed by atoms with Crippen molar-refractivity contribution in [1.29, 1.82) is 5.26 Å². The first-order valence-corrected chi connectivity index (χ1v) is 4.34. The van der Waals surface area contributed by atoms with Crippen molar-refractivity contribution in [2.45, 2.75) is 6.92 Å². The summed E-state index contributed by atoms with van der Waals surface area (Å²) in [4.78, 5) is 15.3. The van der Waals surface area contributed by atoms with Gasteiger partial charge >= 0.3 is 5.97 Å². The number of esters is 1. The molecule has 0 aliphatic carbocycles. The molecule has 0 fully saturated rings. The van der Waals surface area contributed by atoms with Crippen molar-refractivity contribution in [2.24, 2.45) is 0 Å². The molecular formula is C10H10N2O3. The maximum absolute atomic E-state index is 11.5. The molecule has 0 aliphatic heterocycles. The van der Waals surface area contributed by atoms with E-state index in [1.807, 2.05) is 6.07 Å². The minimum atomic E-state index is -0.598. The Hall–Kier alpha value is -2.09. The number of hydrogen-bond acceptors (Lipinski definition) is 5. The molecule has 0 bridgehead atoms. The summed E-state index contributed by atoms with van der Waals surface area (Å²) in [6, 6.07) is 3.33. The molecule has 78 valence electrons. The number of pyridine rings is 1. The van der Waals surface area contributed by atoms with E-state index >= 15 is 0 Å². The van der Waals surface area contributed by atoms with Crippen LogP contribution in [0, 0.1) is 11.3 Å². The number of ether oxygens (including phenoxy) is 2. The Morgan fingerprint density at radius 2 is 2.40 bits per heavy atom. The van der Waals surface area contributed by atoms with Gasteiger partial charge in [-0.2, -0.15) is 5.26 Å². The average molecular weight is 206 g/mol. The number of hydrogen-bond donors (Lipinski definition) is 0. The lowest BCUT2D eigenvalue weighted by molar-refractivity contribution is 0.0521. The summed E-state index contributed by atoms with van der Waals surface area (Å²) >= 11 is 0. The van der Waals surface area contributed by atoms with Crippen molar-refractivity contribution < 1.29 is 14.3 Å². The summed E-state index contributed by atoms with van der Waals surface area (Å²) in [6.45, 7) is 1.93. The van der Waals surface area contributed by atoms with Gasteiger partial charge < -0.3 is 9.47 Å². The Kier molecular flexibility index (Phi) is 3.63. The zero-order valence-electron chi connectivity index (χ0n) is 8.48. The van der Waals surface area contributed by atoms with E-state index in [1.165, 1.54) is 19.4 Å². The number of methoxy groups -OCH3 is 1. The van der Waals surface area contributed by atoms with E-state index in [0.717, 1.165) is 0 Å². The van der Waals surface area contributed by atoms with Crippen LogP contribution in [0.3, 0.4) is 0 Å². The van der Waals surface area contributed by atoms with Crippen LogP contribution in [0.2, 0.25) is 0 Å². The van der Waals surface area contributed by atoms with Crippen LogP contribution in [0.1, 0.15) is 22.8 Å². The molecule has 1 aromatic heterocycles. The lowest BCUT2D eigenvalue weighted by atomic mass is 10.1. The van der Waals surface area contributed by atoms with Gasteiger partial charge in [-0.3, -0.25) is 0 Å². The molecule has 0 unspecified atom stereocenters. The van der Waals surface area contributed by atoms with E-state index in [4.69, 9.17) is 14.7 Å². The SMILES string of the molecule is CCOC(=O)c1c(C#N)ccnc1OC. The van der Waals surface area contributed by atoms with Crippen molar-refractivity contribution >= 4 is 5.97 Å². The summed E-state index contributed by atoms with van der Waals surface area (Å²) in [5.74, 6) is -0.494. The first-order chi connectivity index (χ1) is 7.24. The van der Waals surface area contributed by atoms with Gasteiger partial charge in [0.25, 0.3) is 0 Å². The first-order valence-electron chi connectivity index (χ1n) is 4.34.